The van der Waals surface area contributed by atoms with Crippen molar-refractivity contribution in [2.75, 3.05) is 11.9 Å². The standard InChI is InChI=1S/C7H9F3N4OS/c1-2-4-13-14-6(16-4)12-5(15)11-3-7(8,9)10/h2-3H2,1H3,(H2,11,12,14,15). The number of anilines is 1. The van der Waals surface area contributed by atoms with Crippen molar-refractivity contribution in [2.24, 2.45) is 0 Å². The Morgan fingerprint density at radius 3 is 2.62 bits per heavy atom. The number of hydrogen-bond donors (Lipinski definition) is 2. The Morgan fingerprint density at radius 2 is 2.12 bits per heavy atom. The summed E-state index contributed by atoms with van der Waals surface area (Å²) in [7, 11) is 0. The highest BCUT2D eigenvalue weighted by Gasteiger charge is 2.27. The van der Waals surface area contributed by atoms with Gasteiger partial charge in [-0.2, -0.15) is 13.2 Å². The van der Waals surface area contributed by atoms with Crippen LogP contribution >= 0.6 is 11.3 Å². The second kappa shape index (κ2) is 5.10. The minimum atomic E-state index is -4.42. The van der Waals surface area contributed by atoms with E-state index in [0.29, 0.717) is 11.4 Å². The number of nitrogens with one attached hydrogen (secondary N) is 2. The van der Waals surface area contributed by atoms with Crippen LogP contribution in [0.25, 0.3) is 0 Å². The van der Waals surface area contributed by atoms with Crippen molar-refractivity contribution in [1.29, 1.82) is 0 Å². The van der Waals surface area contributed by atoms with Crippen LogP contribution in [0.2, 0.25) is 0 Å². The van der Waals surface area contributed by atoms with E-state index in [1.165, 1.54) is 0 Å². The van der Waals surface area contributed by atoms with E-state index in [1.54, 1.807) is 5.32 Å². The van der Waals surface area contributed by atoms with Crippen LogP contribution in [0.1, 0.15) is 11.9 Å². The zero-order chi connectivity index (χ0) is 12.2. The molecule has 0 saturated heterocycles. The SMILES string of the molecule is CCc1nnc(NC(=O)NCC(F)(F)F)s1. The molecule has 1 heterocycles. The van der Waals surface area contributed by atoms with Crippen LogP contribution in [0.15, 0.2) is 0 Å². The number of nitrogens with zero attached hydrogens (tertiary/aromatic N) is 2. The number of carbonyl (C=O) groups excluding carboxylic acids is 1. The van der Waals surface area contributed by atoms with E-state index < -0.39 is 18.8 Å². The molecule has 2 amide bonds. The predicted octanol–water partition coefficient (Wildman–Crippen LogP) is 1.78. The largest absolute Gasteiger partial charge is 0.405 e. The number of halogens is 3. The van der Waals surface area contributed by atoms with Gasteiger partial charge in [-0.15, -0.1) is 10.2 Å². The highest BCUT2D eigenvalue weighted by Crippen LogP contribution is 2.15. The molecule has 2 N–H and O–H groups in total. The van der Waals surface area contributed by atoms with Crippen molar-refractivity contribution in [2.45, 2.75) is 19.5 Å². The first kappa shape index (κ1) is 12.7. The summed E-state index contributed by atoms with van der Waals surface area (Å²) < 4.78 is 35.2. The number of rotatable bonds is 3. The highest BCUT2D eigenvalue weighted by molar-refractivity contribution is 7.15. The molecule has 0 saturated carbocycles. The van der Waals surface area contributed by atoms with Crippen molar-refractivity contribution >= 4 is 22.5 Å². The molecule has 0 aliphatic rings. The fourth-order valence-electron chi connectivity index (χ4n) is 0.769. The van der Waals surface area contributed by atoms with Crippen molar-refractivity contribution in [3.63, 3.8) is 0 Å². The Kier molecular flexibility index (Phi) is 4.05. The molecule has 1 aromatic heterocycles. The average Bonchev–Trinajstić information content (AvgIpc) is 2.61. The number of amides is 2. The zero-order valence-electron chi connectivity index (χ0n) is 8.26. The molecule has 0 aliphatic carbocycles. The predicted molar refractivity (Wildman–Crippen MR) is 52.4 cm³/mol. The van der Waals surface area contributed by atoms with Gasteiger partial charge in [-0.3, -0.25) is 5.32 Å². The molecule has 0 radical (unpaired) electrons. The maximum Gasteiger partial charge on any atom is 0.405 e. The van der Waals surface area contributed by atoms with Gasteiger partial charge in [0.25, 0.3) is 0 Å². The van der Waals surface area contributed by atoms with E-state index in [0.717, 1.165) is 11.3 Å². The zero-order valence-corrected chi connectivity index (χ0v) is 9.08. The minimum absolute atomic E-state index is 0.177. The van der Waals surface area contributed by atoms with E-state index in [2.05, 4.69) is 15.5 Å². The minimum Gasteiger partial charge on any atom is -0.329 e. The number of urea groups is 1. The number of aromatic nitrogens is 2. The summed E-state index contributed by atoms with van der Waals surface area (Å²) in [6.07, 6.45) is -3.77. The Balaban J connectivity index is 2.40. The number of hydrogen-bond acceptors (Lipinski definition) is 4. The van der Waals surface area contributed by atoms with E-state index in [-0.39, 0.29) is 5.13 Å². The summed E-state index contributed by atoms with van der Waals surface area (Å²) in [5, 5.41) is 12.0. The molecule has 0 spiro atoms. The number of carbonyl (C=O) groups is 1. The third-order valence-electron chi connectivity index (χ3n) is 1.44. The molecule has 5 nitrogen and oxygen atoms in total. The van der Waals surface area contributed by atoms with Crippen LogP contribution < -0.4 is 10.6 Å². The molecular formula is C7H9F3N4OS. The molecular weight excluding hydrogens is 245 g/mol. The lowest BCUT2D eigenvalue weighted by molar-refractivity contribution is -0.122. The second-order valence-electron chi connectivity index (χ2n) is 2.78. The Morgan fingerprint density at radius 1 is 1.44 bits per heavy atom. The molecule has 0 unspecified atom stereocenters. The lowest BCUT2D eigenvalue weighted by atomic mass is 10.5. The monoisotopic (exact) mass is 254 g/mol. The molecule has 0 fully saturated rings. The number of alkyl halides is 3. The Bertz CT molecular complexity index is 365. The second-order valence-corrected chi connectivity index (χ2v) is 3.84. The highest BCUT2D eigenvalue weighted by atomic mass is 32.1. The molecule has 0 bridgehead atoms. The van der Waals surface area contributed by atoms with Crippen LogP contribution in [0.3, 0.4) is 0 Å². The summed E-state index contributed by atoms with van der Waals surface area (Å²) in [5.74, 6) is 0. The third kappa shape index (κ3) is 4.43. The van der Waals surface area contributed by atoms with Gasteiger partial charge >= 0.3 is 12.2 Å². The van der Waals surface area contributed by atoms with Gasteiger partial charge in [0.15, 0.2) is 0 Å². The first-order chi connectivity index (χ1) is 7.40. The van der Waals surface area contributed by atoms with E-state index in [1.807, 2.05) is 6.92 Å². The molecule has 90 valence electrons. The van der Waals surface area contributed by atoms with Gasteiger partial charge in [-0.05, 0) is 6.42 Å². The maximum absolute atomic E-state index is 11.7. The molecule has 1 rings (SSSR count). The van der Waals surface area contributed by atoms with Crippen LogP contribution in [-0.4, -0.2) is 28.9 Å². The maximum atomic E-state index is 11.7. The average molecular weight is 254 g/mol. The lowest BCUT2D eigenvalue weighted by Crippen LogP contribution is -2.36. The molecule has 9 heteroatoms. The summed E-state index contributed by atoms with van der Waals surface area (Å²) >= 11 is 1.12. The van der Waals surface area contributed by atoms with Crippen molar-refractivity contribution in [3.8, 4) is 0 Å². The fourth-order valence-corrected chi connectivity index (χ4v) is 1.44. The van der Waals surface area contributed by atoms with Crippen molar-refractivity contribution in [3.05, 3.63) is 5.01 Å². The van der Waals surface area contributed by atoms with Crippen LogP contribution in [0.5, 0.6) is 0 Å². The van der Waals surface area contributed by atoms with E-state index >= 15 is 0 Å². The van der Waals surface area contributed by atoms with E-state index in [4.69, 9.17) is 0 Å². The normalized spacial score (nSPS) is 11.2. The van der Waals surface area contributed by atoms with Gasteiger partial charge in [-0.25, -0.2) is 4.79 Å². The van der Waals surface area contributed by atoms with E-state index in [9.17, 15) is 18.0 Å². The van der Waals surface area contributed by atoms with Gasteiger partial charge < -0.3 is 5.32 Å². The van der Waals surface area contributed by atoms with Crippen LogP contribution in [0.4, 0.5) is 23.1 Å². The fraction of sp³-hybridized carbons (Fsp3) is 0.571. The first-order valence-corrected chi connectivity index (χ1v) is 5.16. The summed E-state index contributed by atoms with van der Waals surface area (Å²) in [4.78, 5) is 11.0. The lowest BCUT2D eigenvalue weighted by Gasteiger charge is -2.07. The van der Waals surface area contributed by atoms with Gasteiger partial charge in [0.05, 0.1) is 0 Å². The topological polar surface area (TPSA) is 66.9 Å². The molecule has 0 atom stereocenters. The quantitative estimate of drug-likeness (QED) is 0.864. The summed E-state index contributed by atoms with van der Waals surface area (Å²) in [6.45, 7) is 0.478. The first-order valence-electron chi connectivity index (χ1n) is 4.34. The van der Waals surface area contributed by atoms with Crippen molar-refractivity contribution in [1.82, 2.24) is 15.5 Å². The number of aryl methyl sites for hydroxylation is 1. The van der Waals surface area contributed by atoms with Crippen LogP contribution in [-0.2, 0) is 6.42 Å². The van der Waals surface area contributed by atoms with Crippen LogP contribution in [0, 0.1) is 0 Å². The van der Waals surface area contributed by atoms with Gasteiger partial charge in [0.1, 0.15) is 11.6 Å². The summed E-state index contributed by atoms with van der Waals surface area (Å²) in [5.41, 5.74) is 0. The summed E-state index contributed by atoms with van der Waals surface area (Å²) in [6, 6.07) is -0.948. The van der Waals surface area contributed by atoms with Gasteiger partial charge in [0.2, 0.25) is 5.13 Å². The van der Waals surface area contributed by atoms with Crippen molar-refractivity contribution < 1.29 is 18.0 Å². The smallest absolute Gasteiger partial charge is 0.329 e. The Labute approximate surface area is 93.1 Å². The molecule has 0 aromatic carbocycles. The Hall–Kier alpha value is -1.38. The molecule has 16 heavy (non-hydrogen) atoms. The molecule has 0 aliphatic heterocycles. The van der Waals surface area contributed by atoms with Gasteiger partial charge in [0, 0.05) is 0 Å². The third-order valence-corrected chi connectivity index (χ3v) is 2.42. The van der Waals surface area contributed by atoms with Gasteiger partial charge in [-0.1, -0.05) is 18.3 Å². The molecule has 1 aromatic rings.